The van der Waals surface area contributed by atoms with Gasteiger partial charge in [0, 0.05) is 11.4 Å². The van der Waals surface area contributed by atoms with Gasteiger partial charge in [-0.3, -0.25) is 0 Å². The van der Waals surface area contributed by atoms with Crippen LogP contribution >= 0.6 is 0 Å². The van der Waals surface area contributed by atoms with Gasteiger partial charge in [-0.2, -0.15) is 0 Å². The minimum Gasteiger partial charge on any atom is -0.399 e. The van der Waals surface area contributed by atoms with E-state index in [0.717, 1.165) is 11.3 Å². The van der Waals surface area contributed by atoms with E-state index in [2.05, 4.69) is 10.8 Å². The first-order valence-electron chi connectivity index (χ1n) is 5.67. The molecule has 1 atom stereocenters. The Morgan fingerprint density at radius 1 is 1.06 bits per heavy atom. The molecule has 2 aromatic rings. The SMILES string of the molecule is Cc1ccc(NS(=O)c2ccc(N)cc2)c(C)c1. The Balaban J connectivity index is 2.18. The van der Waals surface area contributed by atoms with Crippen LogP contribution in [0.3, 0.4) is 0 Å². The lowest BCUT2D eigenvalue weighted by Crippen LogP contribution is -2.06. The lowest BCUT2D eigenvalue weighted by Gasteiger charge is -2.09. The molecule has 2 aromatic carbocycles. The number of nitrogen functional groups attached to an aromatic ring is 1. The number of benzene rings is 2. The topological polar surface area (TPSA) is 55.1 Å². The molecular weight excluding hydrogens is 244 g/mol. The van der Waals surface area contributed by atoms with Gasteiger partial charge in [-0.25, -0.2) is 4.21 Å². The number of aryl methyl sites for hydroxylation is 2. The van der Waals surface area contributed by atoms with Crippen molar-refractivity contribution in [2.45, 2.75) is 18.7 Å². The van der Waals surface area contributed by atoms with Crippen molar-refractivity contribution in [3.63, 3.8) is 0 Å². The predicted molar refractivity (Wildman–Crippen MR) is 76.8 cm³/mol. The monoisotopic (exact) mass is 260 g/mol. The van der Waals surface area contributed by atoms with Gasteiger partial charge in [0.25, 0.3) is 0 Å². The average Bonchev–Trinajstić information content (AvgIpc) is 2.33. The van der Waals surface area contributed by atoms with E-state index in [4.69, 9.17) is 5.73 Å². The van der Waals surface area contributed by atoms with Crippen molar-refractivity contribution < 1.29 is 4.21 Å². The second kappa shape index (κ2) is 5.23. The minimum atomic E-state index is -1.27. The molecule has 0 saturated heterocycles. The Kier molecular flexibility index (Phi) is 3.67. The Labute approximate surface area is 110 Å². The zero-order valence-corrected chi connectivity index (χ0v) is 11.3. The van der Waals surface area contributed by atoms with Crippen LogP contribution in [0, 0.1) is 13.8 Å². The molecule has 4 heteroatoms. The third-order valence-electron chi connectivity index (χ3n) is 2.68. The van der Waals surface area contributed by atoms with Crippen molar-refractivity contribution in [2.24, 2.45) is 0 Å². The number of anilines is 2. The van der Waals surface area contributed by atoms with E-state index in [9.17, 15) is 4.21 Å². The van der Waals surface area contributed by atoms with Gasteiger partial charge in [0.15, 0.2) is 0 Å². The maximum atomic E-state index is 12.1. The zero-order chi connectivity index (χ0) is 13.1. The normalized spacial score (nSPS) is 12.1. The van der Waals surface area contributed by atoms with Gasteiger partial charge in [0.1, 0.15) is 11.0 Å². The maximum Gasteiger partial charge on any atom is 0.150 e. The molecule has 0 spiro atoms. The van der Waals surface area contributed by atoms with Crippen LogP contribution in [0.25, 0.3) is 0 Å². The van der Waals surface area contributed by atoms with Crippen molar-refractivity contribution >= 4 is 22.4 Å². The van der Waals surface area contributed by atoms with Gasteiger partial charge in [-0.05, 0) is 49.7 Å². The molecule has 3 N–H and O–H groups in total. The average molecular weight is 260 g/mol. The van der Waals surface area contributed by atoms with Crippen LogP contribution in [-0.4, -0.2) is 4.21 Å². The third kappa shape index (κ3) is 2.90. The van der Waals surface area contributed by atoms with Gasteiger partial charge < -0.3 is 10.5 Å². The minimum absolute atomic E-state index is 0.669. The highest BCUT2D eigenvalue weighted by atomic mass is 32.2. The van der Waals surface area contributed by atoms with Crippen molar-refractivity contribution in [2.75, 3.05) is 10.5 Å². The van der Waals surface area contributed by atoms with Crippen molar-refractivity contribution in [1.29, 1.82) is 0 Å². The second-order valence-corrected chi connectivity index (χ2v) is 5.47. The molecule has 0 aromatic heterocycles. The number of nitrogens with one attached hydrogen (secondary N) is 1. The summed E-state index contributed by atoms with van der Waals surface area (Å²) in [5.74, 6) is 0. The summed E-state index contributed by atoms with van der Waals surface area (Å²) in [7, 11) is -1.27. The van der Waals surface area contributed by atoms with Crippen molar-refractivity contribution in [3.05, 3.63) is 53.6 Å². The molecule has 0 aliphatic heterocycles. The summed E-state index contributed by atoms with van der Waals surface area (Å²) in [6, 6.07) is 13.0. The number of nitrogens with two attached hydrogens (primary N) is 1. The van der Waals surface area contributed by atoms with Crippen molar-refractivity contribution in [1.82, 2.24) is 0 Å². The first-order valence-corrected chi connectivity index (χ1v) is 6.82. The fourth-order valence-electron chi connectivity index (χ4n) is 1.68. The summed E-state index contributed by atoms with van der Waals surface area (Å²) in [5, 5.41) is 0. The van der Waals surface area contributed by atoms with E-state index >= 15 is 0 Å². The molecule has 0 amide bonds. The Morgan fingerprint density at radius 3 is 2.33 bits per heavy atom. The summed E-state index contributed by atoms with van der Waals surface area (Å²) in [6.07, 6.45) is 0. The van der Waals surface area contributed by atoms with E-state index in [-0.39, 0.29) is 0 Å². The molecule has 0 heterocycles. The van der Waals surface area contributed by atoms with Crippen molar-refractivity contribution in [3.8, 4) is 0 Å². The highest BCUT2D eigenvalue weighted by molar-refractivity contribution is 7.86. The summed E-state index contributed by atoms with van der Waals surface area (Å²) in [4.78, 5) is 0.712. The highest BCUT2D eigenvalue weighted by Crippen LogP contribution is 2.19. The number of rotatable bonds is 3. The zero-order valence-electron chi connectivity index (χ0n) is 10.4. The van der Waals surface area contributed by atoms with Gasteiger partial charge in [0.05, 0.1) is 4.90 Å². The van der Waals surface area contributed by atoms with Crippen LogP contribution < -0.4 is 10.5 Å². The molecule has 0 bridgehead atoms. The largest absolute Gasteiger partial charge is 0.399 e. The Morgan fingerprint density at radius 2 is 1.72 bits per heavy atom. The van der Waals surface area contributed by atoms with Crippen LogP contribution in [0.2, 0.25) is 0 Å². The quantitative estimate of drug-likeness (QED) is 0.833. The van der Waals surface area contributed by atoms with Gasteiger partial charge in [-0.15, -0.1) is 0 Å². The lowest BCUT2D eigenvalue weighted by atomic mass is 10.1. The Hall–Kier alpha value is -1.81. The fraction of sp³-hybridized carbons (Fsp3) is 0.143. The van der Waals surface area contributed by atoms with E-state index in [1.807, 2.05) is 26.0 Å². The smallest absolute Gasteiger partial charge is 0.150 e. The first kappa shape index (κ1) is 12.6. The molecule has 0 aliphatic carbocycles. The third-order valence-corrected chi connectivity index (χ3v) is 3.78. The van der Waals surface area contributed by atoms with Crippen LogP contribution in [0.1, 0.15) is 11.1 Å². The predicted octanol–water partition coefficient (Wildman–Crippen LogP) is 3.02. The van der Waals surface area contributed by atoms with Crippen LogP contribution in [0.4, 0.5) is 11.4 Å². The summed E-state index contributed by atoms with van der Waals surface area (Å²) in [5.41, 5.74) is 9.43. The first-order chi connectivity index (χ1) is 8.56. The van der Waals surface area contributed by atoms with E-state index in [1.165, 1.54) is 5.56 Å². The second-order valence-electron chi connectivity index (χ2n) is 4.26. The number of hydrogen-bond acceptors (Lipinski definition) is 2. The molecule has 2 rings (SSSR count). The maximum absolute atomic E-state index is 12.1. The summed E-state index contributed by atoms with van der Waals surface area (Å²) >= 11 is 0. The molecular formula is C14H16N2OS. The van der Waals surface area contributed by atoms with Crippen LogP contribution in [-0.2, 0) is 11.0 Å². The molecule has 0 radical (unpaired) electrons. The van der Waals surface area contributed by atoms with Gasteiger partial charge >= 0.3 is 0 Å². The highest BCUT2D eigenvalue weighted by Gasteiger charge is 2.05. The van der Waals surface area contributed by atoms with Gasteiger partial charge in [-0.1, -0.05) is 17.7 Å². The van der Waals surface area contributed by atoms with E-state index in [1.54, 1.807) is 24.3 Å². The molecule has 0 saturated carbocycles. The fourth-order valence-corrected chi connectivity index (χ4v) is 2.61. The van der Waals surface area contributed by atoms with Crippen LogP contribution in [0.5, 0.6) is 0 Å². The number of hydrogen-bond donors (Lipinski definition) is 2. The Bertz CT molecular complexity index is 579. The molecule has 18 heavy (non-hydrogen) atoms. The molecule has 1 unspecified atom stereocenters. The summed E-state index contributed by atoms with van der Waals surface area (Å²) in [6.45, 7) is 4.03. The standard InChI is InChI=1S/C14H16N2OS/c1-10-3-8-14(11(2)9-10)16-18(17)13-6-4-12(15)5-7-13/h3-9,16H,15H2,1-2H3. The van der Waals surface area contributed by atoms with Crippen LogP contribution in [0.15, 0.2) is 47.4 Å². The molecule has 3 nitrogen and oxygen atoms in total. The molecule has 94 valence electrons. The van der Waals surface area contributed by atoms with Gasteiger partial charge in [0.2, 0.25) is 0 Å². The molecule has 0 aliphatic rings. The summed E-state index contributed by atoms with van der Waals surface area (Å²) < 4.78 is 15.1. The lowest BCUT2D eigenvalue weighted by molar-refractivity contribution is 0.686. The molecule has 0 fully saturated rings. The van der Waals surface area contributed by atoms with E-state index < -0.39 is 11.0 Å². The van der Waals surface area contributed by atoms with E-state index in [0.29, 0.717) is 10.6 Å².